The summed E-state index contributed by atoms with van der Waals surface area (Å²) >= 11 is 0. The highest BCUT2D eigenvalue weighted by Crippen LogP contribution is 2.26. The largest absolute Gasteiger partial charge is 0.383 e. The van der Waals surface area contributed by atoms with Gasteiger partial charge in [-0.25, -0.2) is 0 Å². The van der Waals surface area contributed by atoms with Gasteiger partial charge in [-0.1, -0.05) is 6.92 Å². The maximum Gasteiger partial charge on any atom is 0.253 e. The van der Waals surface area contributed by atoms with Crippen LogP contribution < -0.4 is 10.6 Å². The van der Waals surface area contributed by atoms with Gasteiger partial charge in [0.15, 0.2) is 0 Å². The van der Waals surface area contributed by atoms with Crippen LogP contribution in [0.4, 0.5) is 5.69 Å². The summed E-state index contributed by atoms with van der Waals surface area (Å²) in [7, 11) is 0. The molecule has 0 aromatic carbocycles. The summed E-state index contributed by atoms with van der Waals surface area (Å²) in [5.74, 6) is 0.742. The average molecular weight is 233 g/mol. The number of hydrogen-bond donors (Lipinski definition) is 2. The summed E-state index contributed by atoms with van der Waals surface area (Å²) in [6.45, 7) is 4.99. The highest BCUT2D eigenvalue weighted by atomic mass is 16.1. The molecule has 1 aromatic heterocycles. The zero-order valence-electron chi connectivity index (χ0n) is 10.4. The number of carbonyl (C=O) groups excluding carboxylic acids is 1. The summed E-state index contributed by atoms with van der Waals surface area (Å²) in [6, 6.07) is 2.11. The molecule has 17 heavy (non-hydrogen) atoms. The van der Waals surface area contributed by atoms with Gasteiger partial charge in [-0.3, -0.25) is 9.78 Å². The van der Waals surface area contributed by atoms with E-state index >= 15 is 0 Å². The molecule has 92 valence electrons. The van der Waals surface area contributed by atoms with Gasteiger partial charge in [0.25, 0.3) is 5.91 Å². The second-order valence-corrected chi connectivity index (χ2v) is 4.70. The van der Waals surface area contributed by atoms with Gasteiger partial charge in [0.05, 0.1) is 17.4 Å². The Morgan fingerprint density at radius 1 is 1.53 bits per heavy atom. The molecule has 0 spiro atoms. The summed E-state index contributed by atoms with van der Waals surface area (Å²) < 4.78 is 0. The first-order chi connectivity index (χ1) is 8.20. The van der Waals surface area contributed by atoms with E-state index in [0.717, 1.165) is 31.0 Å². The van der Waals surface area contributed by atoms with E-state index < -0.39 is 0 Å². The van der Waals surface area contributed by atoms with Gasteiger partial charge in [-0.15, -0.1) is 0 Å². The summed E-state index contributed by atoms with van der Waals surface area (Å²) in [5.41, 5.74) is 1.49. The number of nitrogens with one attached hydrogen (secondary N) is 2. The Bertz CT molecular complexity index is 399. The molecule has 1 fully saturated rings. The Morgan fingerprint density at radius 3 is 2.94 bits per heavy atom. The normalized spacial score (nSPS) is 22.7. The average Bonchev–Trinajstić information content (AvgIpc) is 2.28. The monoisotopic (exact) mass is 233 g/mol. The molecule has 0 aliphatic heterocycles. The van der Waals surface area contributed by atoms with Crippen LogP contribution in [-0.4, -0.2) is 23.5 Å². The maximum absolute atomic E-state index is 12.1. The van der Waals surface area contributed by atoms with Gasteiger partial charge in [-0.05, 0) is 31.7 Å². The Labute approximate surface area is 102 Å². The molecular weight excluding hydrogens is 214 g/mol. The van der Waals surface area contributed by atoms with Crippen molar-refractivity contribution in [2.75, 3.05) is 11.9 Å². The molecule has 4 nitrogen and oxygen atoms in total. The van der Waals surface area contributed by atoms with Crippen LogP contribution in [0.1, 0.15) is 37.0 Å². The summed E-state index contributed by atoms with van der Waals surface area (Å²) in [5, 5.41) is 6.21. The fraction of sp³-hybridized carbons (Fsp3) is 0.538. The first-order valence-electron chi connectivity index (χ1n) is 6.19. The zero-order chi connectivity index (χ0) is 12.3. The quantitative estimate of drug-likeness (QED) is 0.836. The fourth-order valence-electron chi connectivity index (χ4n) is 2.21. The van der Waals surface area contributed by atoms with Gasteiger partial charge in [0, 0.05) is 18.8 Å². The van der Waals surface area contributed by atoms with Crippen molar-refractivity contribution >= 4 is 11.6 Å². The van der Waals surface area contributed by atoms with Gasteiger partial charge in [0.1, 0.15) is 0 Å². The van der Waals surface area contributed by atoms with Crippen LogP contribution in [0.15, 0.2) is 18.5 Å². The molecule has 0 bridgehead atoms. The number of aromatic nitrogens is 1. The van der Waals surface area contributed by atoms with Gasteiger partial charge in [0.2, 0.25) is 0 Å². The highest BCUT2D eigenvalue weighted by Gasteiger charge is 2.27. The van der Waals surface area contributed by atoms with Crippen LogP contribution in [-0.2, 0) is 0 Å². The van der Waals surface area contributed by atoms with Crippen LogP contribution in [0.5, 0.6) is 0 Å². The molecule has 1 aliphatic carbocycles. The van der Waals surface area contributed by atoms with Crippen molar-refractivity contribution in [1.29, 1.82) is 0 Å². The van der Waals surface area contributed by atoms with Crippen LogP contribution in [0.2, 0.25) is 0 Å². The van der Waals surface area contributed by atoms with E-state index in [1.807, 2.05) is 6.92 Å². The number of rotatable bonds is 4. The van der Waals surface area contributed by atoms with E-state index in [1.54, 1.807) is 18.5 Å². The molecule has 0 radical (unpaired) electrons. The van der Waals surface area contributed by atoms with E-state index in [2.05, 4.69) is 22.5 Å². The van der Waals surface area contributed by atoms with E-state index in [1.165, 1.54) is 0 Å². The molecule has 1 aromatic rings. The van der Waals surface area contributed by atoms with Crippen molar-refractivity contribution in [3.63, 3.8) is 0 Å². The van der Waals surface area contributed by atoms with E-state index in [-0.39, 0.29) is 5.91 Å². The third-order valence-electron chi connectivity index (χ3n) is 3.14. The Kier molecular flexibility index (Phi) is 3.61. The van der Waals surface area contributed by atoms with Crippen molar-refractivity contribution in [1.82, 2.24) is 10.3 Å². The third-order valence-corrected chi connectivity index (χ3v) is 3.14. The Balaban J connectivity index is 2.02. The van der Waals surface area contributed by atoms with Crippen molar-refractivity contribution < 1.29 is 4.79 Å². The molecule has 1 heterocycles. The first kappa shape index (κ1) is 11.9. The molecule has 0 unspecified atom stereocenters. The lowest BCUT2D eigenvalue weighted by Gasteiger charge is -2.33. The Morgan fingerprint density at radius 2 is 2.29 bits per heavy atom. The molecule has 0 atom stereocenters. The minimum atomic E-state index is 0.000231. The number of amides is 1. The summed E-state index contributed by atoms with van der Waals surface area (Å²) in [4.78, 5) is 16.1. The summed E-state index contributed by atoms with van der Waals surface area (Å²) in [6.07, 6.45) is 5.53. The molecule has 0 saturated heterocycles. The van der Waals surface area contributed by atoms with E-state index in [4.69, 9.17) is 0 Å². The molecule has 1 saturated carbocycles. The van der Waals surface area contributed by atoms with Crippen LogP contribution in [0.25, 0.3) is 0 Å². The molecule has 4 heteroatoms. The lowest BCUT2D eigenvalue weighted by atomic mass is 9.82. The number of hydrogen-bond acceptors (Lipinski definition) is 3. The molecule has 2 N–H and O–H groups in total. The van der Waals surface area contributed by atoms with E-state index in [0.29, 0.717) is 11.6 Å². The highest BCUT2D eigenvalue weighted by molar-refractivity contribution is 5.99. The van der Waals surface area contributed by atoms with E-state index in [9.17, 15) is 4.79 Å². The predicted molar refractivity (Wildman–Crippen MR) is 68.1 cm³/mol. The third kappa shape index (κ3) is 2.75. The maximum atomic E-state index is 12.1. The van der Waals surface area contributed by atoms with Gasteiger partial charge >= 0.3 is 0 Å². The minimum absolute atomic E-state index is 0.000231. The lowest BCUT2D eigenvalue weighted by Crippen LogP contribution is -2.43. The molecule has 2 rings (SSSR count). The van der Waals surface area contributed by atoms with Crippen molar-refractivity contribution in [3.05, 3.63) is 24.0 Å². The van der Waals surface area contributed by atoms with Crippen LogP contribution >= 0.6 is 0 Å². The lowest BCUT2D eigenvalue weighted by molar-refractivity contribution is 0.0897. The first-order valence-corrected chi connectivity index (χ1v) is 6.19. The van der Waals surface area contributed by atoms with Gasteiger partial charge < -0.3 is 10.6 Å². The number of pyridine rings is 1. The molecular formula is C13H19N3O. The fourth-order valence-corrected chi connectivity index (χ4v) is 2.21. The number of carbonyl (C=O) groups is 1. The number of nitrogens with zero attached hydrogens (tertiary/aromatic N) is 1. The smallest absolute Gasteiger partial charge is 0.253 e. The van der Waals surface area contributed by atoms with Crippen molar-refractivity contribution in [3.8, 4) is 0 Å². The standard InChI is InChI=1S/C13H19N3O/c1-3-15-12-8-14-5-4-11(12)13(17)16-10-6-9(2)7-10/h4-5,8-10,15H,3,6-7H2,1-2H3,(H,16,17). The topological polar surface area (TPSA) is 54.0 Å². The van der Waals surface area contributed by atoms with Crippen LogP contribution in [0, 0.1) is 5.92 Å². The Hall–Kier alpha value is -1.58. The SMILES string of the molecule is CCNc1cnccc1C(=O)NC1CC(C)C1. The zero-order valence-corrected chi connectivity index (χ0v) is 10.4. The second-order valence-electron chi connectivity index (χ2n) is 4.70. The minimum Gasteiger partial charge on any atom is -0.383 e. The van der Waals surface area contributed by atoms with Gasteiger partial charge in [-0.2, -0.15) is 0 Å². The molecule has 1 amide bonds. The van der Waals surface area contributed by atoms with Crippen molar-refractivity contribution in [2.45, 2.75) is 32.7 Å². The van der Waals surface area contributed by atoms with Crippen molar-refractivity contribution in [2.24, 2.45) is 5.92 Å². The van der Waals surface area contributed by atoms with Crippen LogP contribution in [0.3, 0.4) is 0 Å². The molecule has 1 aliphatic rings. The second kappa shape index (κ2) is 5.17. The number of anilines is 1. The predicted octanol–water partition coefficient (Wildman–Crippen LogP) is 2.04.